The van der Waals surface area contributed by atoms with Gasteiger partial charge in [0.25, 0.3) is 5.91 Å². The third-order valence-electron chi connectivity index (χ3n) is 4.19. The van der Waals surface area contributed by atoms with Crippen molar-refractivity contribution in [3.63, 3.8) is 0 Å². The van der Waals surface area contributed by atoms with Crippen LogP contribution >= 0.6 is 0 Å². The van der Waals surface area contributed by atoms with Crippen LogP contribution in [0.3, 0.4) is 0 Å². The van der Waals surface area contributed by atoms with E-state index < -0.39 is 5.97 Å². The average Bonchev–Trinajstić information content (AvgIpc) is 2.67. The van der Waals surface area contributed by atoms with Gasteiger partial charge in [-0.15, -0.1) is 0 Å². The zero-order chi connectivity index (χ0) is 19.2. The van der Waals surface area contributed by atoms with Gasteiger partial charge < -0.3 is 14.8 Å². The van der Waals surface area contributed by atoms with Gasteiger partial charge in [0.05, 0.1) is 0 Å². The zero-order valence-electron chi connectivity index (χ0n) is 15.3. The third kappa shape index (κ3) is 4.85. The normalized spacial score (nSPS) is 10.4. The lowest BCUT2D eigenvalue weighted by molar-refractivity contribution is -0.149. The molecule has 138 valence electrons. The van der Waals surface area contributed by atoms with Crippen LogP contribution in [0.5, 0.6) is 5.75 Å². The van der Waals surface area contributed by atoms with Crippen LogP contribution in [-0.4, -0.2) is 25.1 Å². The molecule has 0 heterocycles. The van der Waals surface area contributed by atoms with E-state index in [4.69, 9.17) is 9.47 Å². The van der Waals surface area contributed by atoms with Crippen molar-refractivity contribution in [2.75, 3.05) is 18.5 Å². The molecule has 0 fully saturated rings. The second-order valence-electron chi connectivity index (χ2n) is 6.27. The summed E-state index contributed by atoms with van der Waals surface area (Å²) in [5, 5.41) is 4.89. The summed E-state index contributed by atoms with van der Waals surface area (Å²) in [6.45, 7) is 3.21. The van der Waals surface area contributed by atoms with Crippen molar-refractivity contribution < 1.29 is 19.1 Å². The van der Waals surface area contributed by atoms with Crippen LogP contribution in [0, 0.1) is 13.8 Å². The van der Waals surface area contributed by atoms with E-state index in [1.54, 1.807) is 6.07 Å². The van der Waals surface area contributed by atoms with E-state index in [9.17, 15) is 9.59 Å². The number of esters is 1. The van der Waals surface area contributed by atoms with Crippen molar-refractivity contribution in [2.45, 2.75) is 13.8 Å². The molecule has 3 aromatic carbocycles. The minimum absolute atomic E-state index is 0.255. The molecule has 0 unspecified atom stereocenters. The maximum atomic E-state index is 12.0. The van der Waals surface area contributed by atoms with Crippen LogP contribution in [-0.2, 0) is 14.3 Å². The van der Waals surface area contributed by atoms with Gasteiger partial charge in [-0.2, -0.15) is 0 Å². The maximum absolute atomic E-state index is 12.0. The van der Waals surface area contributed by atoms with Crippen molar-refractivity contribution in [3.05, 3.63) is 71.8 Å². The number of anilines is 1. The highest BCUT2D eigenvalue weighted by atomic mass is 16.6. The number of amides is 1. The molecule has 0 aliphatic rings. The second-order valence-corrected chi connectivity index (χ2v) is 6.27. The lowest BCUT2D eigenvalue weighted by Crippen LogP contribution is -2.24. The number of carbonyl (C=O) groups is 2. The van der Waals surface area contributed by atoms with Gasteiger partial charge in [0, 0.05) is 5.69 Å². The Labute approximate surface area is 157 Å². The van der Waals surface area contributed by atoms with Crippen molar-refractivity contribution >= 4 is 28.3 Å². The standard InChI is InChI=1S/C22H21NO4/c1-15-6-5-7-16(2)22(15)23-20(24)13-27-21(25)14-26-19-11-10-17-8-3-4-9-18(17)12-19/h3-12H,13-14H2,1-2H3,(H,23,24). The van der Waals surface area contributed by atoms with Gasteiger partial charge in [-0.25, -0.2) is 4.79 Å². The summed E-state index contributed by atoms with van der Waals surface area (Å²) >= 11 is 0. The van der Waals surface area contributed by atoms with E-state index in [1.807, 2.05) is 68.4 Å². The number of hydrogen-bond acceptors (Lipinski definition) is 4. The molecule has 0 saturated heterocycles. The predicted molar refractivity (Wildman–Crippen MR) is 105 cm³/mol. The molecule has 0 saturated carbocycles. The summed E-state index contributed by atoms with van der Waals surface area (Å²) in [6.07, 6.45) is 0. The molecular weight excluding hydrogens is 342 g/mol. The molecule has 0 spiro atoms. The topological polar surface area (TPSA) is 64.6 Å². The molecule has 1 amide bonds. The number of aryl methyl sites for hydroxylation is 2. The van der Waals surface area contributed by atoms with Crippen molar-refractivity contribution in [3.8, 4) is 5.75 Å². The molecule has 3 aromatic rings. The lowest BCUT2D eigenvalue weighted by atomic mass is 10.1. The predicted octanol–water partition coefficient (Wildman–Crippen LogP) is 4.02. The number of hydrogen-bond donors (Lipinski definition) is 1. The van der Waals surface area contributed by atoms with Crippen molar-refractivity contribution in [1.82, 2.24) is 0 Å². The van der Waals surface area contributed by atoms with Crippen LogP contribution < -0.4 is 10.1 Å². The molecule has 5 heteroatoms. The second kappa shape index (κ2) is 8.36. The highest BCUT2D eigenvalue weighted by molar-refractivity contribution is 5.94. The van der Waals surface area contributed by atoms with E-state index in [-0.39, 0.29) is 19.1 Å². The number of carbonyl (C=O) groups excluding carboxylic acids is 2. The summed E-state index contributed by atoms with van der Waals surface area (Å²) in [7, 11) is 0. The molecule has 0 bridgehead atoms. The number of nitrogens with one attached hydrogen (secondary N) is 1. The fraction of sp³-hybridized carbons (Fsp3) is 0.182. The molecule has 0 radical (unpaired) electrons. The summed E-state index contributed by atoms with van der Waals surface area (Å²) in [4.78, 5) is 23.9. The number of fused-ring (bicyclic) bond motifs is 1. The first kappa shape index (κ1) is 18.5. The van der Waals surface area contributed by atoms with E-state index in [2.05, 4.69) is 5.32 Å². The van der Waals surface area contributed by atoms with Gasteiger partial charge in [-0.1, -0.05) is 48.5 Å². The van der Waals surface area contributed by atoms with Crippen LogP contribution in [0.15, 0.2) is 60.7 Å². The Bertz CT molecular complexity index is 961. The molecule has 0 aliphatic carbocycles. The van der Waals surface area contributed by atoms with Gasteiger partial charge in [0.2, 0.25) is 0 Å². The van der Waals surface area contributed by atoms with Crippen LogP contribution in [0.1, 0.15) is 11.1 Å². The summed E-state index contributed by atoms with van der Waals surface area (Å²) < 4.78 is 10.4. The molecule has 27 heavy (non-hydrogen) atoms. The third-order valence-corrected chi connectivity index (χ3v) is 4.19. The minimum atomic E-state index is -0.597. The van der Waals surface area contributed by atoms with Gasteiger partial charge in [-0.05, 0) is 47.9 Å². The minimum Gasteiger partial charge on any atom is -0.482 e. The van der Waals surface area contributed by atoms with Gasteiger partial charge in [0.15, 0.2) is 13.2 Å². The Balaban J connectivity index is 1.48. The Kier molecular flexibility index (Phi) is 5.71. The Hall–Kier alpha value is -3.34. The van der Waals surface area contributed by atoms with Crippen LogP contribution in [0.4, 0.5) is 5.69 Å². The lowest BCUT2D eigenvalue weighted by Gasteiger charge is -2.12. The van der Waals surface area contributed by atoms with E-state index in [0.29, 0.717) is 5.75 Å². The summed E-state index contributed by atoms with van der Waals surface area (Å²) in [5.41, 5.74) is 2.65. The first-order valence-corrected chi connectivity index (χ1v) is 8.66. The summed E-state index contributed by atoms with van der Waals surface area (Å²) in [6, 6.07) is 19.2. The van der Waals surface area contributed by atoms with E-state index in [0.717, 1.165) is 27.6 Å². The molecule has 1 N–H and O–H groups in total. The van der Waals surface area contributed by atoms with Crippen LogP contribution in [0.2, 0.25) is 0 Å². The molecule has 0 aliphatic heterocycles. The molecular formula is C22H21NO4. The average molecular weight is 363 g/mol. The van der Waals surface area contributed by atoms with Gasteiger partial charge in [0.1, 0.15) is 5.75 Å². The van der Waals surface area contributed by atoms with Crippen LogP contribution in [0.25, 0.3) is 10.8 Å². The molecule has 5 nitrogen and oxygen atoms in total. The fourth-order valence-electron chi connectivity index (χ4n) is 2.77. The van der Waals surface area contributed by atoms with Crippen molar-refractivity contribution in [2.24, 2.45) is 0 Å². The largest absolute Gasteiger partial charge is 0.482 e. The van der Waals surface area contributed by atoms with Gasteiger partial charge >= 0.3 is 5.97 Å². The Morgan fingerprint density at radius 1 is 0.852 bits per heavy atom. The first-order valence-electron chi connectivity index (χ1n) is 8.66. The number of benzene rings is 3. The highest BCUT2D eigenvalue weighted by Crippen LogP contribution is 2.21. The number of para-hydroxylation sites is 1. The molecule has 0 atom stereocenters. The number of rotatable bonds is 6. The quantitative estimate of drug-likeness (QED) is 0.672. The van der Waals surface area contributed by atoms with Gasteiger partial charge in [-0.3, -0.25) is 4.79 Å². The molecule has 0 aromatic heterocycles. The Morgan fingerprint density at radius 3 is 2.30 bits per heavy atom. The first-order chi connectivity index (χ1) is 13.0. The molecule has 3 rings (SSSR count). The smallest absolute Gasteiger partial charge is 0.344 e. The highest BCUT2D eigenvalue weighted by Gasteiger charge is 2.11. The van der Waals surface area contributed by atoms with Crippen molar-refractivity contribution in [1.29, 1.82) is 0 Å². The fourth-order valence-corrected chi connectivity index (χ4v) is 2.77. The zero-order valence-corrected chi connectivity index (χ0v) is 15.3. The SMILES string of the molecule is Cc1cccc(C)c1NC(=O)COC(=O)COc1ccc2ccccc2c1. The number of ether oxygens (including phenoxy) is 2. The van der Waals surface area contributed by atoms with E-state index >= 15 is 0 Å². The maximum Gasteiger partial charge on any atom is 0.344 e. The summed E-state index contributed by atoms with van der Waals surface area (Å²) in [5.74, 6) is -0.406. The monoisotopic (exact) mass is 363 g/mol. The van der Waals surface area contributed by atoms with E-state index in [1.165, 1.54) is 0 Å². The Morgan fingerprint density at radius 2 is 1.56 bits per heavy atom.